The van der Waals surface area contributed by atoms with Crippen LogP contribution < -0.4 is 5.32 Å². The van der Waals surface area contributed by atoms with Crippen LogP contribution in [0.2, 0.25) is 0 Å². The van der Waals surface area contributed by atoms with Gasteiger partial charge in [-0.2, -0.15) is 0 Å². The fraction of sp³-hybridized carbons (Fsp3) is 0.368. The summed E-state index contributed by atoms with van der Waals surface area (Å²) < 4.78 is 0. The Balaban J connectivity index is 1.64. The maximum absolute atomic E-state index is 3.66. The van der Waals surface area contributed by atoms with Crippen molar-refractivity contribution < 1.29 is 0 Å². The molecule has 0 saturated heterocycles. The Bertz CT molecular complexity index is 547. The van der Waals surface area contributed by atoms with Gasteiger partial charge in [-0.3, -0.25) is 0 Å². The van der Waals surface area contributed by atoms with Crippen LogP contribution in [-0.4, -0.2) is 12.6 Å². The number of nitrogens with one attached hydrogen (secondary N) is 1. The van der Waals surface area contributed by atoms with Crippen molar-refractivity contribution in [1.82, 2.24) is 5.32 Å². The molecule has 1 nitrogen and oxygen atoms in total. The van der Waals surface area contributed by atoms with Gasteiger partial charge >= 0.3 is 0 Å². The minimum Gasteiger partial charge on any atom is -0.314 e. The van der Waals surface area contributed by atoms with Gasteiger partial charge in [-0.15, -0.1) is 0 Å². The Morgan fingerprint density at radius 2 is 1.80 bits per heavy atom. The molecular formula is C19H23N. The molecule has 0 heterocycles. The Kier molecular flexibility index (Phi) is 4.17. The molecule has 0 spiro atoms. The quantitative estimate of drug-likeness (QED) is 0.834. The molecule has 0 amide bonds. The van der Waals surface area contributed by atoms with E-state index in [9.17, 15) is 0 Å². The maximum atomic E-state index is 3.66. The Morgan fingerprint density at radius 1 is 1.05 bits per heavy atom. The van der Waals surface area contributed by atoms with Crippen molar-refractivity contribution in [3.8, 4) is 0 Å². The zero-order chi connectivity index (χ0) is 13.8. The molecule has 104 valence electrons. The second kappa shape index (κ2) is 6.23. The summed E-state index contributed by atoms with van der Waals surface area (Å²) in [5, 5.41) is 3.66. The molecule has 0 aliphatic heterocycles. The number of rotatable bonds is 6. The van der Waals surface area contributed by atoms with Gasteiger partial charge in [0, 0.05) is 6.04 Å². The van der Waals surface area contributed by atoms with E-state index in [-0.39, 0.29) is 0 Å². The summed E-state index contributed by atoms with van der Waals surface area (Å²) in [6, 6.07) is 20.3. The van der Waals surface area contributed by atoms with Crippen molar-refractivity contribution in [3.63, 3.8) is 0 Å². The number of hydrogen-bond donors (Lipinski definition) is 1. The molecule has 0 fully saturated rings. The normalized spacial score (nSPS) is 18.1. The highest BCUT2D eigenvalue weighted by Crippen LogP contribution is 2.38. The van der Waals surface area contributed by atoms with Crippen LogP contribution in [0.4, 0.5) is 0 Å². The fourth-order valence-electron chi connectivity index (χ4n) is 3.34. The molecular weight excluding hydrogens is 242 g/mol. The molecule has 0 radical (unpaired) electrons. The molecule has 0 bridgehead atoms. The summed E-state index contributed by atoms with van der Waals surface area (Å²) in [6.07, 6.45) is 3.64. The molecule has 2 aromatic carbocycles. The molecule has 2 atom stereocenters. The molecule has 1 aliphatic rings. The molecule has 1 heteroatoms. The van der Waals surface area contributed by atoms with Gasteiger partial charge in [0.25, 0.3) is 0 Å². The van der Waals surface area contributed by atoms with Crippen LogP contribution in [-0.2, 0) is 12.8 Å². The van der Waals surface area contributed by atoms with E-state index in [1.165, 1.54) is 18.4 Å². The summed E-state index contributed by atoms with van der Waals surface area (Å²) in [6.45, 7) is 3.25. The zero-order valence-corrected chi connectivity index (χ0v) is 12.2. The second-order valence-electron chi connectivity index (χ2n) is 5.78. The predicted octanol–water partition coefficient (Wildman–Crippen LogP) is 3.94. The molecule has 2 unspecified atom stereocenters. The first-order valence-electron chi connectivity index (χ1n) is 7.72. The molecule has 1 N–H and O–H groups in total. The van der Waals surface area contributed by atoms with Gasteiger partial charge in [0.15, 0.2) is 0 Å². The van der Waals surface area contributed by atoms with Gasteiger partial charge in [-0.25, -0.2) is 0 Å². The van der Waals surface area contributed by atoms with Gasteiger partial charge in [0.2, 0.25) is 0 Å². The minimum atomic E-state index is 0.584. The van der Waals surface area contributed by atoms with E-state index >= 15 is 0 Å². The van der Waals surface area contributed by atoms with Crippen molar-refractivity contribution in [2.75, 3.05) is 6.54 Å². The molecule has 1 aliphatic carbocycles. The van der Waals surface area contributed by atoms with Gasteiger partial charge in [-0.1, -0.05) is 61.5 Å². The predicted molar refractivity (Wildman–Crippen MR) is 85.1 cm³/mol. The number of fused-ring (bicyclic) bond motifs is 1. The van der Waals surface area contributed by atoms with E-state index in [1.54, 1.807) is 11.1 Å². The molecule has 3 rings (SSSR count). The van der Waals surface area contributed by atoms with Crippen molar-refractivity contribution in [3.05, 3.63) is 71.3 Å². The lowest BCUT2D eigenvalue weighted by Gasteiger charge is -2.33. The van der Waals surface area contributed by atoms with Gasteiger partial charge in [0.05, 0.1) is 0 Å². The third kappa shape index (κ3) is 2.94. The maximum Gasteiger partial charge on any atom is 0.0113 e. The fourth-order valence-corrected chi connectivity index (χ4v) is 3.34. The zero-order valence-electron chi connectivity index (χ0n) is 12.2. The average Bonchev–Trinajstić information content (AvgIpc) is 2.46. The highest BCUT2D eigenvalue weighted by atomic mass is 14.9. The van der Waals surface area contributed by atoms with E-state index in [4.69, 9.17) is 0 Å². The number of likely N-dealkylation sites (N-methyl/N-ethyl adjacent to an activating group) is 1. The summed E-state index contributed by atoms with van der Waals surface area (Å²) in [5.74, 6) is 0.749. The first kappa shape index (κ1) is 13.4. The van der Waals surface area contributed by atoms with Crippen LogP contribution in [0.25, 0.3) is 0 Å². The smallest absolute Gasteiger partial charge is 0.0113 e. The van der Waals surface area contributed by atoms with Crippen LogP contribution in [0, 0.1) is 0 Å². The van der Waals surface area contributed by atoms with E-state index in [2.05, 4.69) is 66.8 Å². The Labute approximate surface area is 122 Å². The Hall–Kier alpha value is -1.60. The van der Waals surface area contributed by atoms with Crippen molar-refractivity contribution in [1.29, 1.82) is 0 Å². The van der Waals surface area contributed by atoms with E-state index in [1.807, 2.05) is 0 Å². The highest BCUT2D eigenvalue weighted by Gasteiger charge is 2.27. The van der Waals surface area contributed by atoms with Crippen LogP contribution >= 0.6 is 0 Å². The van der Waals surface area contributed by atoms with Crippen molar-refractivity contribution >= 4 is 0 Å². The highest BCUT2D eigenvalue weighted by molar-refractivity contribution is 5.40. The average molecular weight is 265 g/mol. The first-order chi connectivity index (χ1) is 9.86. The van der Waals surface area contributed by atoms with Crippen LogP contribution in [0.15, 0.2) is 54.6 Å². The second-order valence-corrected chi connectivity index (χ2v) is 5.78. The van der Waals surface area contributed by atoms with Gasteiger partial charge in [-0.05, 0) is 48.4 Å². The summed E-state index contributed by atoms with van der Waals surface area (Å²) >= 11 is 0. The standard InChI is InChI=1S/C19H23N/c1-2-20-18(12-15-8-4-3-5-9-15)14-17-13-16-10-6-7-11-19(16)17/h3-11,17-18,20H,2,12-14H2,1H3. The summed E-state index contributed by atoms with van der Waals surface area (Å²) in [4.78, 5) is 0. The van der Waals surface area contributed by atoms with Gasteiger partial charge in [0.1, 0.15) is 0 Å². The number of benzene rings is 2. The third-order valence-electron chi connectivity index (χ3n) is 4.35. The van der Waals surface area contributed by atoms with E-state index < -0.39 is 0 Å². The summed E-state index contributed by atoms with van der Waals surface area (Å²) in [7, 11) is 0. The molecule has 20 heavy (non-hydrogen) atoms. The lowest BCUT2D eigenvalue weighted by Crippen LogP contribution is -2.34. The molecule has 0 saturated carbocycles. The lowest BCUT2D eigenvalue weighted by atomic mass is 9.74. The monoisotopic (exact) mass is 265 g/mol. The molecule has 2 aromatic rings. The summed E-state index contributed by atoms with van der Waals surface area (Å²) in [5.41, 5.74) is 4.56. The van der Waals surface area contributed by atoms with Crippen LogP contribution in [0.5, 0.6) is 0 Å². The minimum absolute atomic E-state index is 0.584. The largest absolute Gasteiger partial charge is 0.314 e. The van der Waals surface area contributed by atoms with E-state index in [0.29, 0.717) is 6.04 Å². The topological polar surface area (TPSA) is 12.0 Å². The first-order valence-corrected chi connectivity index (χ1v) is 7.72. The lowest BCUT2D eigenvalue weighted by molar-refractivity contribution is 0.422. The third-order valence-corrected chi connectivity index (χ3v) is 4.35. The Morgan fingerprint density at radius 3 is 2.55 bits per heavy atom. The van der Waals surface area contributed by atoms with Crippen LogP contribution in [0.1, 0.15) is 36.0 Å². The van der Waals surface area contributed by atoms with Crippen molar-refractivity contribution in [2.24, 2.45) is 0 Å². The molecule has 0 aromatic heterocycles. The van der Waals surface area contributed by atoms with E-state index in [0.717, 1.165) is 18.9 Å². The SMILES string of the molecule is CCNC(Cc1ccccc1)CC1Cc2ccccc21. The van der Waals surface area contributed by atoms with Gasteiger partial charge < -0.3 is 5.32 Å². The number of hydrogen-bond acceptors (Lipinski definition) is 1. The van der Waals surface area contributed by atoms with Crippen molar-refractivity contribution in [2.45, 2.75) is 38.1 Å². The van der Waals surface area contributed by atoms with Crippen LogP contribution in [0.3, 0.4) is 0 Å².